The van der Waals surface area contributed by atoms with E-state index in [9.17, 15) is 18.0 Å². The van der Waals surface area contributed by atoms with Gasteiger partial charge in [0.15, 0.2) is 0 Å². The van der Waals surface area contributed by atoms with Crippen molar-refractivity contribution in [2.75, 3.05) is 17.9 Å². The van der Waals surface area contributed by atoms with Crippen molar-refractivity contribution in [3.8, 4) is 0 Å². The van der Waals surface area contributed by atoms with Gasteiger partial charge in [-0.1, -0.05) is 89.5 Å². The van der Waals surface area contributed by atoms with Crippen LogP contribution in [0.25, 0.3) is 0 Å². The van der Waals surface area contributed by atoms with Gasteiger partial charge in [0.05, 0.1) is 10.6 Å². The molecule has 1 atom stereocenters. The number of nitrogens with one attached hydrogen (secondary N) is 1. The van der Waals surface area contributed by atoms with E-state index >= 15 is 0 Å². The largest absolute Gasteiger partial charge is 0.357 e. The first-order valence-corrected chi connectivity index (χ1v) is 15.4. The van der Waals surface area contributed by atoms with Crippen LogP contribution in [-0.4, -0.2) is 44.8 Å². The van der Waals surface area contributed by atoms with Gasteiger partial charge in [-0.05, 0) is 61.4 Å². The third-order valence-electron chi connectivity index (χ3n) is 6.99. The summed E-state index contributed by atoms with van der Waals surface area (Å²) in [5.41, 5.74) is 3.82. The Kier molecular flexibility index (Phi) is 10.0. The van der Waals surface area contributed by atoms with Crippen molar-refractivity contribution < 1.29 is 18.0 Å². The third kappa shape index (κ3) is 7.57. The van der Waals surface area contributed by atoms with Gasteiger partial charge in [-0.25, -0.2) is 8.42 Å². The minimum atomic E-state index is -4.13. The number of likely N-dealkylation sites (N-methyl/N-ethyl adjacent to an activating group) is 1. The van der Waals surface area contributed by atoms with Crippen LogP contribution < -0.4 is 9.62 Å². The van der Waals surface area contributed by atoms with E-state index < -0.39 is 28.5 Å². The van der Waals surface area contributed by atoms with Gasteiger partial charge in [0, 0.05) is 25.0 Å². The molecule has 42 heavy (non-hydrogen) atoms. The Morgan fingerprint density at radius 3 is 1.93 bits per heavy atom. The van der Waals surface area contributed by atoms with Gasteiger partial charge in [-0.15, -0.1) is 0 Å². The maximum Gasteiger partial charge on any atom is 0.264 e. The Hall–Kier alpha value is -4.14. The zero-order valence-corrected chi connectivity index (χ0v) is 25.4. The van der Waals surface area contributed by atoms with Crippen LogP contribution in [0.2, 0.25) is 5.02 Å². The molecule has 9 heteroatoms. The van der Waals surface area contributed by atoms with Crippen LogP contribution in [0.4, 0.5) is 5.69 Å². The first-order valence-electron chi connectivity index (χ1n) is 13.5. The first kappa shape index (κ1) is 30.8. The number of halogens is 1. The van der Waals surface area contributed by atoms with E-state index in [-0.39, 0.29) is 23.8 Å². The highest BCUT2D eigenvalue weighted by molar-refractivity contribution is 7.92. The average molecular weight is 604 g/mol. The second-order valence-corrected chi connectivity index (χ2v) is 12.4. The number of aryl methyl sites for hydroxylation is 2. The summed E-state index contributed by atoms with van der Waals surface area (Å²) in [7, 11) is -2.61. The Morgan fingerprint density at radius 1 is 0.786 bits per heavy atom. The van der Waals surface area contributed by atoms with E-state index in [4.69, 9.17) is 11.6 Å². The second-order valence-electron chi connectivity index (χ2n) is 10.1. The van der Waals surface area contributed by atoms with Crippen LogP contribution in [0, 0.1) is 13.8 Å². The van der Waals surface area contributed by atoms with E-state index in [0.717, 1.165) is 26.6 Å². The predicted molar refractivity (Wildman–Crippen MR) is 167 cm³/mol. The van der Waals surface area contributed by atoms with E-state index in [2.05, 4.69) is 5.32 Å². The van der Waals surface area contributed by atoms with Crippen LogP contribution in [-0.2, 0) is 32.6 Å². The highest BCUT2D eigenvalue weighted by Gasteiger charge is 2.34. The number of carbonyl (C=O) groups excluding carboxylic acids is 2. The lowest BCUT2D eigenvalue weighted by Crippen LogP contribution is -2.53. The summed E-state index contributed by atoms with van der Waals surface area (Å²) in [6, 6.07) is 29.0. The topological polar surface area (TPSA) is 86.8 Å². The summed E-state index contributed by atoms with van der Waals surface area (Å²) in [4.78, 5) is 29.1. The van der Waals surface area contributed by atoms with Crippen molar-refractivity contribution in [3.05, 3.63) is 130 Å². The zero-order valence-electron chi connectivity index (χ0n) is 23.8. The van der Waals surface area contributed by atoms with E-state index in [0.29, 0.717) is 10.7 Å². The second kappa shape index (κ2) is 13.7. The van der Waals surface area contributed by atoms with Crippen molar-refractivity contribution >= 4 is 39.1 Å². The number of rotatable bonds is 11. The Labute approximate surface area is 252 Å². The molecule has 4 rings (SSSR count). The number of hydrogen-bond acceptors (Lipinski definition) is 4. The van der Waals surface area contributed by atoms with Crippen molar-refractivity contribution in [1.82, 2.24) is 10.2 Å². The van der Waals surface area contributed by atoms with Crippen LogP contribution in [0.15, 0.2) is 108 Å². The maximum atomic E-state index is 14.3. The molecular formula is C33H34ClN3O4S. The van der Waals surface area contributed by atoms with Crippen molar-refractivity contribution in [1.29, 1.82) is 0 Å². The highest BCUT2D eigenvalue weighted by atomic mass is 35.5. The molecule has 1 N–H and O–H groups in total. The molecule has 218 valence electrons. The molecule has 2 amide bonds. The smallest absolute Gasteiger partial charge is 0.264 e. The average Bonchev–Trinajstić information content (AvgIpc) is 2.99. The van der Waals surface area contributed by atoms with Crippen LogP contribution in [0.1, 0.15) is 22.3 Å². The quantitative estimate of drug-likeness (QED) is 0.244. The van der Waals surface area contributed by atoms with E-state index in [1.165, 1.54) is 24.1 Å². The molecule has 0 unspecified atom stereocenters. The van der Waals surface area contributed by atoms with E-state index in [1.54, 1.807) is 60.7 Å². The SMILES string of the molecule is CNC(=O)[C@@H](Cc1ccccc1)N(Cc1ccc(Cl)cc1)C(=O)CN(c1ccc(C)cc1)S(=O)(=O)c1ccc(C)cc1. The molecule has 0 aliphatic heterocycles. The molecule has 0 saturated carbocycles. The van der Waals surface area contributed by atoms with Gasteiger partial charge in [-0.3, -0.25) is 13.9 Å². The van der Waals surface area contributed by atoms with Gasteiger partial charge in [0.2, 0.25) is 11.8 Å². The van der Waals surface area contributed by atoms with Crippen LogP contribution >= 0.6 is 11.6 Å². The molecule has 0 saturated heterocycles. The molecule has 0 aliphatic carbocycles. The normalized spacial score (nSPS) is 11.9. The number of amides is 2. The monoisotopic (exact) mass is 603 g/mol. The predicted octanol–water partition coefficient (Wildman–Crippen LogP) is 5.54. The van der Waals surface area contributed by atoms with Gasteiger partial charge in [-0.2, -0.15) is 0 Å². The number of sulfonamides is 1. The summed E-state index contributed by atoms with van der Waals surface area (Å²) in [5.74, 6) is -0.879. The molecule has 0 fully saturated rings. The molecule has 0 radical (unpaired) electrons. The van der Waals surface area contributed by atoms with Gasteiger partial charge >= 0.3 is 0 Å². The van der Waals surface area contributed by atoms with Gasteiger partial charge in [0.25, 0.3) is 10.0 Å². The van der Waals surface area contributed by atoms with Crippen molar-refractivity contribution in [2.45, 2.75) is 37.8 Å². The lowest BCUT2D eigenvalue weighted by molar-refractivity contribution is -0.139. The summed E-state index contributed by atoms with van der Waals surface area (Å²) in [5, 5.41) is 3.22. The number of nitrogens with zero attached hydrogens (tertiary/aromatic N) is 2. The maximum absolute atomic E-state index is 14.3. The number of benzene rings is 4. The van der Waals surface area contributed by atoms with Crippen LogP contribution in [0.3, 0.4) is 0 Å². The molecule has 4 aromatic carbocycles. The first-order chi connectivity index (χ1) is 20.1. The summed E-state index contributed by atoms with van der Waals surface area (Å²) < 4.78 is 29.1. The fraction of sp³-hybridized carbons (Fsp3) is 0.212. The van der Waals surface area contributed by atoms with Gasteiger partial charge in [0.1, 0.15) is 12.6 Å². The fourth-order valence-corrected chi connectivity index (χ4v) is 6.12. The molecule has 0 aliphatic rings. The van der Waals surface area contributed by atoms with Gasteiger partial charge < -0.3 is 10.2 Å². The fourth-order valence-electron chi connectivity index (χ4n) is 4.58. The summed E-state index contributed by atoms with van der Waals surface area (Å²) >= 11 is 6.10. The van der Waals surface area contributed by atoms with Crippen molar-refractivity contribution in [3.63, 3.8) is 0 Å². The Balaban J connectivity index is 1.77. The zero-order chi connectivity index (χ0) is 30.3. The van der Waals surface area contributed by atoms with Crippen molar-refractivity contribution in [2.24, 2.45) is 0 Å². The molecule has 0 aromatic heterocycles. The van der Waals surface area contributed by atoms with Crippen LogP contribution in [0.5, 0.6) is 0 Å². The molecule has 0 spiro atoms. The third-order valence-corrected chi connectivity index (χ3v) is 9.03. The Morgan fingerprint density at radius 2 is 1.36 bits per heavy atom. The number of carbonyl (C=O) groups is 2. The molecule has 0 heterocycles. The van der Waals surface area contributed by atoms with E-state index in [1.807, 2.05) is 44.2 Å². The lowest BCUT2D eigenvalue weighted by Gasteiger charge is -2.33. The minimum Gasteiger partial charge on any atom is -0.357 e. The Bertz CT molecular complexity index is 1610. The standard InChI is InChI=1S/C33H34ClN3O4S/c1-24-9-17-29(18-10-24)37(42(40,41)30-19-11-25(2)12-20-30)23-32(38)36(22-27-13-15-28(34)16-14-27)31(33(39)35-3)21-26-7-5-4-6-8-26/h4-20,31H,21-23H2,1-3H3,(H,35,39)/t31-/m1/s1. The highest BCUT2D eigenvalue weighted by Crippen LogP contribution is 2.26. The molecule has 7 nitrogen and oxygen atoms in total. The molecule has 0 bridgehead atoms. The summed E-state index contributed by atoms with van der Waals surface area (Å²) in [6.45, 7) is 3.35. The summed E-state index contributed by atoms with van der Waals surface area (Å²) in [6.07, 6.45) is 0.245. The number of anilines is 1. The lowest BCUT2D eigenvalue weighted by atomic mass is 10.0. The molecular weight excluding hydrogens is 570 g/mol. The number of hydrogen-bond donors (Lipinski definition) is 1. The minimum absolute atomic E-state index is 0.0675. The molecule has 4 aromatic rings.